The maximum absolute atomic E-state index is 2.55. The van der Waals surface area contributed by atoms with Crippen molar-refractivity contribution in [3.8, 4) is 0 Å². The highest BCUT2D eigenvalue weighted by molar-refractivity contribution is 4.93. The van der Waals surface area contributed by atoms with Gasteiger partial charge in [-0.2, -0.15) is 0 Å². The van der Waals surface area contributed by atoms with Crippen molar-refractivity contribution >= 4 is 0 Å². The van der Waals surface area contributed by atoms with Crippen LogP contribution in [0.2, 0.25) is 0 Å². The Morgan fingerprint density at radius 2 is 1.71 bits per heavy atom. The maximum Gasteiger partial charge on any atom is -0.0337 e. The van der Waals surface area contributed by atoms with E-state index in [1.54, 1.807) is 0 Å². The van der Waals surface area contributed by atoms with E-state index >= 15 is 0 Å². The van der Waals surface area contributed by atoms with Gasteiger partial charge in [-0.05, 0) is 54.3 Å². The second-order valence-corrected chi connectivity index (χ2v) is 7.40. The molecule has 0 aliphatic heterocycles. The lowest BCUT2D eigenvalue weighted by molar-refractivity contribution is 0.152. The van der Waals surface area contributed by atoms with Crippen LogP contribution in [0, 0.1) is 41.4 Å². The molecular formula is C17H32. The standard InChI is InChI=1S/C17H32/c1-6-15-10-16(15)13(5)17(11(2)3)12(4)9-14-7-8-14/h11-17H,6-10H2,1-5H3. The summed E-state index contributed by atoms with van der Waals surface area (Å²) in [6.07, 6.45) is 7.49. The molecule has 100 valence electrons. The van der Waals surface area contributed by atoms with Crippen molar-refractivity contribution in [1.29, 1.82) is 0 Å². The van der Waals surface area contributed by atoms with Gasteiger partial charge in [-0.25, -0.2) is 0 Å². The molecule has 0 aromatic heterocycles. The van der Waals surface area contributed by atoms with Crippen molar-refractivity contribution < 1.29 is 0 Å². The van der Waals surface area contributed by atoms with Gasteiger partial charge in [0.15, 0.2) is 0 Å². The topological polar surface area (TPSA) is 0 Å². The number of hydrogen-bond donors (Lipinski definition) is 0. The van der Waals surface area contributed by atoms with Gasteiger partial charge in [0.05, 0.1) is 0 Å². The Balaban J connectivity index is 1.90. The van der Waals surface area contributed by atoms with Gasteiger partial charge in [-0.15, -0.1) is 0 Å². The molecule has 0 saturated heterocycles. The summed E-state index contributed by atoms with van der Waals surface area (Å²) in [6.45, 7) is 12.4. The number of rotatable bonds is 7. The molecule has 0 N–H and O–H groups in total. The van der Waals surface area contributed by atoms with Crippen LogP contribution in [-0.2, 0) is 0 Å². The van der Waals surface area contributed by atoms with E-state index in [1.807, 2.05) is 0 Å². The van der Waals surface area contributed by atoms with Crippen molar-refractivity contribution in [3.05, 3.63) is 0 Å². The van der Waals surface area contributed by atoms with E-state index in [-0.39, 0.29) is 0 Å². The Labute approximate surface area is 109 Å². The first kappa shape index (κ1) is 13.4. The van der Waals surface area contributed by atoms with Crippen LogP contribution < -0.4 is 0 Å². The molecule has 0 nitrogen and oxygen atoms in total. The molecule has 0 radical (unpaired) electrons. The van der Waals surface area contributed by atoms with Crippen LogP contribution in [0.15, 0.2) is 0 Å². The largest absolute Gasteiger partial charge is 0.0651 e. The molecule has 2 aliphatic carbocycles. The van der Waals surface area contributed by atoms with Crippen molar-refractivity contribution in [2.45, 2.75) is 66.7 Å². The van der Waals surface area contributed by atoms with Gasteiger partial charge in [0.25, 0.3) is 0 Å². The van der Waals surface area contributed by atoms with Crippen molar-refractivity contribution in [2.75, 3.05) is 0 Å². The monoisotopic (exact) mass is 236 g/mol. The van der Waals surface area contributed by atoms with E-state index in [2.05, 4.69) is 34.6 Å². The Hall–Kier alpha value is 0. The van der Waals surface area contributed by atoms with E-state index in [0.29, 0.717) is 0 Å². The molecule has 0 amide bonds. The normalized spacial score (nSPS) is 33.5. The smallest absolute Gasteiger partial charge is 0.0337 e. The van der Waals surface area contributed by atoms with Crippen molar-refractivity contribution in [2.24, 2.45) is 41.4 Å². The number of hydrogen-bond acceptors (Lipinski definition) is 0. The molecule has 0 aromatic carbocycles. The highest BCUT2D eigenvalue weighted by Gasteiger charge is 2.44. The molecule has 2 aliphatic rings. The van der Waals surface area contributed by atoms with E-state index in [9.17, 15) is 0 Å². The van der Waals surface area contributed by atoms with Crippen LogP contribution in [0.3, 0.4) is 0 Å². The van der Waals surface area contributed by atoms with Crippen LogP contribution in [0.1, 0.15) is 66.7 Å². The van der Waals surface area contributed by atoms with Gasteiger partial charge < -0.3 is 0 Å². The fraction of sp³-hybridized carbons (Fsp3) is 1.00. The molecule has 0 heterocycles. The molecule has 2 saturated carbocycles. The summed E-state index contributed by atoms with van der Waals surface area (Å²) in [5.74, 6) is 6.99. The lowest BCUT2D eigenvalue weighted by Gasteiger charge is -2.33. The van der Waals surface area contributed by atoms with Gasteiger partial charge in [0.2, 0.25) is 0 Å². The minimum Gasteiger partial charge on any atom is -0.0651 e. The molecule has 5 atom stereocenters. The fourth-order valence-electron chi connectivity index (χ4n) is 4.49. The van der Waals surface area contributed by atoms with Crippen LogP contribution in [0.5, 0.6) is 0 Å². The minimum atomic E-state index is 0.872. The molecule has 0 aromatic rings. The Kier molecular flexibility index (Phi) is 4.21. The molecule has 0 heteroatoms. The highest BCUT2D eigenvalue weighted by Crippen LogP contribution is 2.52. The lowest BCUT2D eigenvalue weighted by atomic mass is 9.72. The fourth-order valence-corrected chi connectivity index (χ4v) is 4.49. The van der Waals surface area contributed by atoms with Gasteiger partial charge in [0.1, 0.15) is 0 Å². The van der Waals surface area contributed by atoms with Gasteiger partial charge in [-0.3, -0.25) is 0 Å². The second kappa shape index (κ2) is 5.33. The molecule has 0 spiro atoms. The van der Waals surface area contributed by atoms with E-state index < -0.39 is 0 Å². The molecular weight excluding hydrogens is 204 g/mol. The Morgan fingerprint density at radius 3 is 2.12 bits per heavy atom. The molecule has 17 heavy (non-hydrogen) atoms. The summed E-state index contributed by atoms with van der Waals surface area (Å²) in [5, 5.41) is 0. The second-order valence-electron chi connectivity index (χ2n) is 7.40. The average Bonchev–Trinajstić information content (AvgIpc) is 3.11. The van der Waals surface area contributed by atoms with Crippen molar-refractivity contribution in [1.82, 2.24) is 0 Å². The van der Waals surface area contributed by atoms with Crippen LogP contribution >= 0.6 is 0 Å². The first-order valence-corrected chi connectivity index (χ1v) is 8.04. The third-order valence-corrected chi connectivity index (χ3v) is 5.61. The highest BCUT2D eigenvalue weighted by atomic mass is 14.5. The minimum absolute atomic E-state index is 0.872. The van der Waals surface area contributed by atoms with Crippen LogP contribution in [0.25, 0.3) is 0 Å². The summed E-state index contributed by atoms with van der Waals surface area (Å²) in [5.41, 5.74) is 0. The van der Waals surface area contributed by atoms with E-state index in [4.69, 9.17) is 0 Å². The maximum atomic E-state index is 2.55. The Morgan fingerprint density at radius 1 is 1.06 bits per heavy atom. The lowest BCUT2D eigenvalue weighted by Crippen LogP contribution is -2.27. The quantitative estimate of drug-likeness (QED) is 0.557. The summed E-state index contributed by atoms with van der Waals surface area (Å²) in [7, 11) is 0. The first-order chi connectivity index (χ1) is 8.04. The first-order valence-electron chi connectivity index (χ1n) is 8.04. The SMILES string of the molecule is CCC1CC1C(C)C(C(C)C)C(C)CC1CC1. The van der Waals surface area contributed by atoms with Crippen LogP contribution in [0.4, 0.5) is 0 Å². The predicted octanol–water partition coefficient (Wildman–Crippen LogP) is 5.38. The molecule has 5 unspecified atom stereocenters. The molecule has 2 rings (SSSR count). The zero-order valence-electron chi connectivity index (χ0n) is 12.6. The Bertz CT molecular complexity index is 238. The van der Waals surface area contributed by atoms with Gasteiger partial charge in [0, 0.05) is 0 Å². The third-order valence-electron chi connectivity index (χ3n) is 5.61. The molecule has 2 fully saturated rings. The zero-order chi connectivity index (χ0) is 12.6. The average molecular weight is 236 g/mol. The van der Waals surface area contributed by atoms with Gasteiger partial charge in [-0.1, -0.05) is 53.9 Å². The van der Waals surface area contributed by atoms with Crippen molar-refractivity contribution in [3.63, 3.8) is 0 Å². The summed E-state index contributed by atoms with van der Waals surface area (Å²) in [4.78, 5) is 0. The zero-order valence-corrected chi connectivity index (χ0v) is 12.6. The van der Waals surface area contributed by atoms with Crippen LogP contribution in [-0.4, -0.2) is 0 Å². The molecule has 0 bridgehead atoms. The van der Waals surface area contributed by atoms with Gasteiger partial charge >= 0.3 is 0 Å². The van der Waals surface area contributed by atoms with E-state index in [1.165, 1.54) is 32.1 Å². The summed E-state index contributed by atoms with van der Waals surface area (Å²) >= 11 is 0. The predicted molar refractivity (Wildman–Crippen MR) is 75.9 cm³/mol. The summed E-state index contributed by atoms with van der Waals surface area (Å²) in [6, 6.07) is 0. The van der Waals surface area contributed by atoms with E-state index in [0.717, 1.165) is 41.4 Å². The summed E-state index contributed by atoms with van der Waals surface area (Å²) < 4.78 is 0. The third kappa shape index (κ3) is 3.26.